The van der Waals surface area contributed by atoms with Gasteiger partial charge in [-0.2, -0.15) is 0 Å². The third-order valence-corrected chi connectivity index (χ3v) is 5.47. The van der Waals surface area contributed by atoms with Crippen LogP contribution in [0.5, 0.6) is 5.75 Å². The van der Waals surface area contributed by atoms with Gasteiger partial charge in [-0.05, 0) is 19.4 Å². The molecule has 2 aromatic heterocycles. The van der Waals surface area contributed by atoms with E-state index < -0.39 is 0 Å². The average molecular weight is 334 g/mol. The Morgan fingerprint density at radius 2 is 2.39 bits per heavy atom. The molecule has 1 fully saturated rings. The Hall–Kier alpha value is -1.93. The number of nitrogens with zero attached hydrogens (tertiary/aromatic N) is 4. The van der Waals surface area contributed by atoms with Crippen molar-refractivity contribution in [3.63, 3.8) is 0 Å². The molecule has 0 N–H and O–H groups in total. The van der Waals surface area contributed by atoms with Gasteiger partial charge in [-0.3, -0.25) is 4.79 Å². The lowest BCUT2D eigenvalue weighted by atomic mass is 10.0. The molecule has 0 aliphatic carbocycles. The number of aromatic nitrogens is 3. The third kappa shape index (κ3) is 2.42. The van der Waals surface area contributed by atoms with Gasteiger partial charge in [0.05, 0.1) is 37.8 Å². The van der Waals surface area contributed by atoms with E-state index in [0.29, 0.717) is 30.3 Å². The number of methoxy groups -OCH3 is 1. The molecule has 0 saturated carbocycles. The Bertz CT molecular complexity index is 741. The molecule has 2 aliphatic heterocycles. The average Bonchev–Trinajstić information content (AvgIpc) is 3.19. The minimum Gasteiger partial charge on any atom is -0.495 e. The smallest absolute Gasteiger partial charge is 0.267 e. The normalized spacial score (nSPS) is 23.3. The van der Waals surface area contributed by atoms with Crippen LogP contribution < -0.4 is 4.74 Å². The van der Waals surface area contributed by atoms with Gasteiger partial charge in [-0.25, -0.2) is 4.68 Å². The molecule has 8 heteroatoms. The van der Waals surface area contributed by atoms with Gasteiger partial charge in [-0.1, -0.05) is 5.21 Å². The molecule has 2 unspecified atom stereocenters. The molecule has 1 saturated heterocycles. The number of aryl methyl sites for hydroxylation is 1. The highest BCUT2D eigenvalue weighted by atomic mass is 32.1. The summed E-state index contributed by atoms with van der Waals surface area (Å²) in [5.41, 5.74) is 0.963. The maximum Gasteiger partial charge on any atom is 0.267 e. The van der Waals surface area contributed by atoms with Crippen molar-refractivity contribution in [2.24, 2.45) is 0 Å². The summed E-state index contributed by atoms with van der Waals surface area (Å²) in [5, 5.41) is 8.14. The van der Waals surface area contributed by atoms with Crippen LogP contribution in [0.1, 0.15) is 32.7 Å². The lowest BCUT2D eigenvalue weighted by molar-refractivity contribution is -0.0604. The van der Waals surface area contributed by atoms with Gasteiger partial charge >= 0.3 is 0 Å². The van der Waals surface area contributed by atoms with Crippen LogP contribution in [-0.4, -0.2) is 52.1 Å². The zero-order valence-corrected chi connectivity index (χ0v) is 13.9. The van der Waals surface area contributed by atoms with Crippen LogP contribution in [0.15, 0.2) is 12.3 Å². The zero-order chi connectivity index (χ0) is 16.0. The largest absolute Gasteiger partial charge is 0.495 e. The third-order valence-electron chi connectivity index (χ3n) is 4.45. The minimum atomic E-state index is 0.0191. The maximum atomic E-state index is 12.9. The number of ether oxygens (including phenoxy) is 2. The summed E-state index contributed by atoms with van der Waals surface area (Å²) >= 11 is 1.48. The summed E-state index contributed by atoms with van der Waals surface area (Å²) in [5.74, 6) is 0.673. The first kappa shape index (κ1) is 14.6. The highest BCUT2D eigenvalue weighted by Gasteiger charge is 2.38. The fourth-order valence-corrected chi connectivity index (χ4v) is 4.25. The lowest BCUT2D eigenvalue weighted by Gasteiger charge is -2.40. The number of carbonyl (C=O) groups is 1. The summed E-state index contributed by atoms with van der Waals surface area (Å²) in [6.07, 6.45) is 2.63. The lowest BCUT2D eigenvalue weighted by Crippen LogP contribution is -2.49. The van der Waals surface area contributed by atoms with E-state index in [9.17, 15) is 4.79 Å². The van der Waals surface area contributed by atoms with E-state index in [-0.39, 0.29) is 18.1 Å². The monoisotopic (exact) mass is 334 g/mol. The van der Waals surface area contributed by atoms with Gasteiger partial charge in [0.2, 0.25) is 0 Å². The first-order chi connectivity index (χ1) is 11.2. The number of piperidine rings is 1. The molecule has 1 amide bonds. The number of hydrogen-bond acceptors (Lipinski definition) is 6. The Morgan fingerprint density at radius 1 is 1.52 bits per heavy atom. The second-order valence-corrected chi connectivity index (χ2v) is 7.14. The van der Waals surface area contributed by atoms with Gasteiger partial charge in [0.1, 0.15) is 10.6 Å². The Kier molecular flexibility index (Phi) is 3.57. The van der Waals surface area contributed by atoms with E-state index in [2.05, 4.69) is 10.3 Å². The predicted octanol–water partition coefficient (Wildman–Crippen LogP) is 1.64. The molecular formula is C15H18N4O3S. The molecule has 0 spiro atoms. The van der Waals surface area contributed by atoms with Crippen LogP contribution in [0.4, 0.5) is 0 Å². The predicted molar refractivity (Wildman–Crippen MR) is 83.8 cm³/mol. The standard InChI is InChI=1S/C15H18N4O3S/c1-9-5-13(21-2)14(23-9)15(20)18-4-3-12-11(7-18)19-10(8-22-12)6-16-17-19/h5-6,11-12H,3-4,7-8H2,1-2H3. The fraction of sp³-hybridized carbons (Fsp3) is 0.533. The second-order valence-electron chi connectivity index (χ2n) is 5.88. The minimum absolute atomic E-state index is 0.0191. The van der Waals surface area contributed by atoms with Crippen molar-refractivity contribution in [3.8, 4) is 5.75 Å². The second kappa shape index (κ2) is 5.61. The first-order valence-corrected chi connectivity index (χ1v) is 8.43. The van der Waals surface area contributed by atoms with Crippen molar-refractivity contribution in [1.29, 1.82) is 0 Å². The van der Waals surface area contributed by atoms with Crippen LogP contribution in [0.2, 0.25) is 0 Å². The molecular weight excluding hydrogens is 316 g/mol. The van der Waals surface area contributed by atoms with Crippen molar-refractivity contribution in [2.75, 3.05) is 20.2 Å². The summed E-state index contributed by atoms with van der Waals surface area (Å²) in [7, 11) is 1.60. The molecule has 122 valence electrons. The molecule has 4 rings (SSSR count). The molecule has 0 radical (unpaired) electrons. The van der Waals surface area contributed by atoms with Crippen molar-refractivity contribution in [2.45, 2.75) is 32.1 Å². The van der Waals surface area contributed by atoms with E-state index in [0.717, 1.165) is 17.0 Å². The number of rotatable bonds is 2. The molecule has 7 nitrogen and oxygen atoms in total. The topological polar surface area (TPSA) is 69.5 Å². The number of hydrogen-bond donors (Lipinski definition) is 0. The summed E-state index contributed by atoms with van der Waals surface area (Å²) in [6.45, 7) is 3.79. The highest BCUT2D eigenvalue weighted by molar-refractivity contribution is 7.14. The van der Waals surface area contributed by atoms with Gasteiger partial charge in [0.25, 0.3) is 5.91 Å². The van der Waals surface area contributed by atoms with E-state index in [1.54, 1.807) is 13.3 Å². The van der Waals surface area contributed by atoms with Gasteiger partial charge in [-0.15, -0.1) is 16.4 Å². The number of fused-ring (bicyclic) bond motifs is 3. The van der Waals surface area contributed by atoms with E-state index in [4.69, 9.17) is 9.47 Å². The number of carbonyl (C=O) groups excluding carboxylic acids is 1. The number of likely N-dealkylation sites (tertiary alicyclic amines) is 1. The van der Waals surface area contributed by atoms with Crippen molar-refractivity contribution >= 4 is 17.2 Å². The number of amides is 1. The van der Waals surface area contributed by atoms with Gasteiger partial charge in [0.15, 0.2) is 0 Å². The Labute approximate surface area is 137 Å². The number of thiophene rings is 1. The summed E-state index contributed by atoms with van der Waals surface area (Å²) < 4.78 is 13.1. The molecule has 4 heterocycles. The van der Waals surface area contributed by atoms with Gasteiger partial charge < -0.3 is 14.4 Å². The Morgan fingerprint density at radius 3 is 3.22 bits per heavy atom. The molecule has 0 aromatic carbocycles. The summed E-state index contributed by atoms with van der Waals surface area (Å²) in [4.78, 5) is 16.5. The van der Waals surface area contributed by atoms with Crippen LogP contribution >= 0.6 is 11.3 Å². The van der Waals surface area contributed by atoms with Crippen LogP contribution in [0.25, 0.3) is 0 Å². The molecule has 2 atom stereocenters. The van der Waals surface area contributed by atoms with E-state index >= 15 is 0 Å². The molecule has 2 aliphatic rings. The SMILES string of the molecule is COc1cc(C)sc1C(=O)N1CCC2OCc3cnnn3C2C1. The first-order valence-electron chi connectivity index (χ1n) is 7.61. The maximum absolute atomic E-state index is 12.9. The van der Waals surface area contributed by atoms with Crippen LogP contribution in [0.3, 0.4) is 0 Å². The quantitative estimate of drug-likeness (QED) is 0.835. The zero-order valence-electron chi connectivity index (χ0n) is 13.1. The van der Waals surface area contributed by atoms with Crippen molar-refractivity contribution < 1.29 is 14.3 Å². The molecule has 0 bridgehead atoms. The van der Waals surface area contributed by atoms with E-state index in [1.165, 1.54) is 11.3 Å². The van der Waals surface area contributed by atoms with Gasteiger partial charge in [0, 0.05) is 18.0 Å². The highest BCUT2D eigenvalue weighted by Crippen LogP contribution is 2.34. The van der Waals surface area contributed by atoms with Crippen LogP contribution in [0, 0.1) is 6.92 Å². The molecule has 23 heavy (non-hydrogen) atoms. The van der Waals surface area contributed by atoms with Crippen LogP contribution in [-0.2, 0) is 11.3 Å². The molecule has 2 aromatic rings. The Balaban J connectivity index is 1.59. The fourth-order valence-electron chi connectivity index (χ4n) is 3.30. The van der Waals surface area contributed by atoms with Crippen molar-refractivity contribution in [1.82, 2.24) is 19.9 Å². The van der Waals surface area contributed by atoms with E-state index in [1.807, 2.05) is 22.6 Å². The summed E-state index contributed by atoms with van der Waals surface area (Å²) in [6, 6.07) is 1.94. The van der Waals surface area contributed by atoms with Crippen molar-refractivity contribution in [3.05, 3.63) is 27.7 Å².